The summed E-state index contributed by atoms with van der Waals surface area (Å²) in [6.07, 6.45) is 3.45. The molecule has 3 rings (SSSR count). The van der Waals surface area contributed by atoms with E-state index in [9.17, 15) is 14.4 Å². The molecule has 2 aliphatic heterocycles. The van der Waals surface area contributed by atoms with Crippen molar-refractivity contribution in [1.29, 1.82) is 0 Å². The summed E-state index contributed by atoms with van der Waals surface area (Å²) < 4.78 is 0.818. The third-order valence-electron chi connectivity index (χ3n) is 5.06. The van der Waals surface area contributed by atoms with Crippen LogP contribution in [0.4, 0.5) is 16.2 Å². The lowest BCUT2D eigenvalue weighted by Gasteiger charge is -2.34. The van der Waals surface area contributed by atoms with Gasteiger partial charge in [0.25, 0.3) is 0 Å². The highest BCUT2D eigenvalue weighted by Crippen LogP contribution is 2.28. The minimum absolute atomic E-state index is 0.0760. The molecule has 0 bridgehead atoms. The van der Waals surface area contributed by atoms with E-state index >= 15 is 0 Å². The summed E-state index contributed by atoms with van der Waals surface area (Å²) in [5.74, 6) is -0.411. The molecule has 2 N–H and O–H groups in total. The number of anilines is 2. The van der Waals surface area contributed by atoms with Gasteiger partial charge in [-0.1, -0.05) is 15.9 Å². The lowest BCUT2D eigenvalue weighted by atomic mass is 9.96. The van der Waals surface area contributed by atoms with Gasteiger partial charge in [-0.2, -0.15) is 0 Å². The first-order valence-corrected chi connectivity index (χ1v) is 10.1. The number of piperidine rings is 1. The molecule has 2 saturated heterocycles. The van der Waals surface area contributed by atoms with Gasteiger partial charge in [0.05, 0.1) is 11.4 Å². The molecule has 7 nitrogen and oxygen atoms in total. The highest BCUT2D eigenvalue weighted by atomic mass is 79.9. The summed E-state index contributed by atoms with van der Waals surface area (Å²) >= 11 is 3.39. The van der Waals surface area contributed by atoms with Crippen molar-refractivity contribution in [1.82, 2.24) is 9.80 Å². The van der Waals surface area contributed by atoms with E-state index in [-0.39, 0.29) is 23.8 Å². The zero-order valence-corrected chi connectivity index (χ0v) is 17.0. The first-order chi connectivity index (χ1) is 12.9. The molecule has 146 valence electrons. The molecule has 0 aromatic heterocycles. The van der Waals surface area contributed by atoms with Crippen LogP contribution >= 0.6 is 15.9 Å². The average molecular weight is 437 g/mol. The van der Waals surface area contributed by atoms with Gasteiger partial charge in [0.1, 0.15) is 0 Å². The molecule has 4 amide bonds. The molecule has 0 unspecified atom stereocenters. The number of carbonyl (C=O) groups excluding carboxylic acids is 3. The Kier molecular flexibility index (Phi) is 6.36. The van der Waals surface area contributed by atoms with Gasteiger partial charge < -0.3 is 20.4 Å². The monoisotopic (exact) mass is 436 g/mol. The third-order valence-corrected chi connectivity index (χ3v) is 5.56. The van der Waals surface area contributed by atoms with Gasteiger partial charge in [0.2, 0.25) is 11.8 Å². The molecule has 2 aliphatic rings. The van der Waals surface area contributed by atoms with Crippen LogP contribution in [-0.2, 0) is 9.59 Å². The summed E-state index contributed by atoms with van der Waals surface area (Å²) in [4.78, 5) is 40.3. The standard InChI is InChI=1S/C19H25BrN4O3/c1-13(25)21-16-5-4-15(20)12-17(16)22-18(26)14-6-10-24(11-7-14)19(27)23-8-2-3-9-23/h4-5,12,14H,2-3,6-11H2,1H3,(H,21,25)(H,22,26). The third kappa shape index (κ3) is 5.00. The summed E-state index contributed by atoms with van der Waals surface area (Å²) in [6.45, 7) is 4.32. The van der Waals surface area contributed by atoms with E-state index in [1.165, 1.54) is 6.92 Å². The van der Waals surface area contributed by atoms with Crippen molar-refractivity contribution in [2.75, 3.05) is 36.8 Å². The highest BCUT2D eigenvalue weighted by molar-refractivity contribution is 9.10. The smallest absolute Gasteiger partial charge is 0.319 e. The highest BCUT2D eigenvalue weighted by Gasteiger charge is 2.30. The van der Waals surface area contributed by atoms with Crippen LogP contribution in [0.5, 0.6) is 0 Å². The number of amides is 4. The van der Waals surface area contributed by atoms with Crippen LogP contribution in [-0.4, -0.2) is 53.8 Å². The number of halogens is 1. The molecule has 0 atom stereocenters. The molecule has 8 heteroatoms. The summed E-state index contributed by atoms with van der Waals surface area (Å²) in [5, 5.41) is 5.66. The Labute approximate surface area is 167 Å². The van der Waals surface area contributed by atoms with Crippen LogP contribution in [0.2, 0.25) is 0 Å². The number of likely N-dealkylation sites (tertiary alicyclic amines) is 2. The second kappa shape index (κ2) is 8.73. The Morgan fingerprint density at radius 2 is 1.59 bits per heavy atom. The number of rotatable bonds is 3. The molecule has 0 spiro atoms. The molecular formula is C19H25BrN4O3. The number of hydrogen-bond acceptors (Lipinski definition) is 3. The van der Waals surface area contributed by atoms with E-state index in [0.717, 1.165) is 30.4 Å². The Bertz CT molecular complexity index is 726. The fourth-order valence-electron chi connectivity index (χ4n) is 3.59. The zero-order valence-electron chi connectivity index (χ0n) is 15.5. The molecule has 1 aromatic rings. The minimum atomic E-state index is -0.193. The van der Waals surface area contributed by atoms with Gasteiger partial charge in [-0.15, -0.1) is 0 Å². The van der Waals surface area contributed by atoms with Crippen LogP contribution < -0.4 is 10.6 Å². The van der Waals surface area contributed by atoms with Gasteiger partial charge in [-0.25, -0.2) is 4.79 Å². The van der Waals surface area contributed by atoms with Crippen molar-refractivity contribution in [2.24, 2.45) is 5.92 Å². The Balaban J connectivity index is 1.57. The first-order valence-electron chi connectivity index (χ1n) is 9.36. The summed E-state index contributed by atoms with van der Waals surface area (Å²) in [6, 6.07) is 5.43. The van der Waals surface area contributed by atoms with E-state index < -0.39 is 0 Å². The molecule has 2 fully saturated rings. The Morgan fingerprint density at radius 3 is 2.22 bits per heavy atom. The quantitative estimate of drug-likeness (QED) is 0.762. The van der Waals surface area contributed by atoms with Gasteiger partial charge in [-0.3, -0.25) is 9.59 Å². The summed E-state index contributed by atoms with van der Waals surface area (Å²) in [5.41, 5.74) is 1.14. The topological polar surface area (TPSA) is 81.8 Å². The number of hydrogen-bond donors (Lipinski definition) is 2. The normalized spacial score (nSPS) is 17.7. The Morgan fingerprint density at radius 1 is 0.963 bits per heavy atom. The maximum atomic E-state index is 12.7. The van der Waals surface area contributed by atoms with Crippen LogP contribution in [0.1, 0.15) is 32.6 Å². The summed E-state index contributed by atoms with van der Waals surface area (Å²) in [7, 11) is 0. The average Bonchev–Trinajstić information content (AvgIpc) is 3.18. The van der Waals surface area contributed by atoms with Gasteiger partial charge in [-0.05, 0) is 43.9 Å². The second-order valence-corrected chi connectivity index (χ2v) is 8.01. The van der Waals surface area contributed by atoms with Crippen molar-refractivity contribution in [3.63, 3.8) is 0 Å². The van der Waals surface area contributed by atoms with Crippen LogP contribution in [0, 0.1) is 5.92 Å². The van der Waals surface area contributed by atoms with E-state index in [1.807, 2.05) is 15.9 Å². The van der Waals surface area contributed by atoms with E-state index in [0.29, 0.717) is 37.3 Å². The molecule has 2 heterocycles. The maximum absolute atomic E-state index is 12.7. The second-order valence-electron chi connectivity index (χ2n) is 7.10. The van der Waals surface area contributed by atoms with E-state index in [1.54, 1.807) is 12.1 Å². The maximum Gasteiger partial charge on any atom is 0.319 e. The molecule has 0 aliphatic carbocycles. The largest absolute Gasteiger partial charge is 0.325 e. The molecule has 1 aromatic carbocycles. The predicted octanol–water partition coefficient (Wildman–Crippen LogP) is 3.27. The zero-order chi connectivity index (χ0) is 19.4. The molecule has 27 heavy (non-hydrogen) atoms. The number of nitrogens with one attached hydrogen (secondary N) is 2. The molecular weight excluding hydrogens is 412 g/mol. The fraction of sp³-hybridized carbons (Fsp3) is 0.526. The van der Waals surface area contributed by atoms with E-state index in [2.05, 4.69) is 26.6 Å². The van der Waals surface area contributed by atoms with E-state index in [4.69, 9.17) is 0 Å². The van der Waals surface area contributed by atoms with Crippen molar-refractivity contribution >= 4 is 45.2 Å². The number of carbonyl (C=O) groups is 3. The predicted molar refractivity (Wildman–Crippen MR) is 108 cm³/mol. The fourth-order valence-corrected chi connectivity index (χ4v) is 3.96. The minimum Gasteiger partial charge on any atom is -0.325 e. The van der Waals surface area contributed by atoms with Crippen molar-refractivity contribution in [2.45, 2.75) is 32.6 Å². The lowest BCUT2D eigenvalue weighted by Crippen LogP contribution is -2.47. The first kappa shape index (κ1) is 19.7. The van der Waals surface area contributed by atoms with Crippen LogP contribution in [0.25, 0.3) is 0 Å². The van der Waals surface area contributed by atoms with Gasteiger partial charge in [0.15, 0.2) is 0 Å². The number of nitrogens with zero attached hydrogens (tertiary/aromatic N) is 2. The SMILES string of the molecule is CC(=O)Nc1ccc(Br)cc1NC(=O)C1CCN(C(=O)N2CCCC2)CC1. The van der Waals surface area contributed by atoms with Gasteiger partial charge >= 0.3 is 6.03 Å². The van der Waals surface area contributed by atoms with Crippen molar-refractivity contribution in [3.05, 3.63) is 22.7 Å². The Hall–Kier alpha value is -2.09. The van der Waals surface area contributed by atoms with Crippen molar-refractivity contribution in [3.8, 4) is 0 Å². The lowest BCUT2D eigenvalue weighted by molar-refractivity contribution is -0.121. The van der Waals surface area contributed by atoms with Crippen LogP contribution in [0.3, 0.4) is 0 Å². The van der Waals surface area contributed by atoms with Crippen molar-refractivity contribution < 1.29 is 14.4 Å². The van der Waals surface area contributed by atoms with Gasteiger partial charge in [0, 0.05) is 43.5 Å². The number of benzene rings is 1. The van der Waals surface area contributed by atoms with Crippen LogP contribution in [0.15, 0.2) is 22.7 Å². The number of urea groups is 1. The molecule has 0 saturated carbocycles. The molecule has 0 radical (unpaired) electrons.